The van der Waals surface area contributed by atoms with Crippen molar-refractivity contribution in [3.63, 3.8) is 0 Å². The van der Waals surface area contributed by atoms with Crippen molar-refractivity contribution in [2.45, 2.75) is 6.92 Å². The predicted molar refractivity (Wildman–Crippen MR) is 104 cm³/mol. The summed E-state index contributed by atoms with van der Waals surface area (Å²) in [6.45, 7) is 2.99. The van der Waals surface area contributed by atoms with E-state index in [1.165, 1.54) is 13.3 Å². The van der Waals surface area contributed by atoms with Crippen LogP contribution in [0.4, 0.5) is 23.0 Å². The number of benzene rings is 1. The first-order valence-electron chi connectivity index (χ1n) is 8.58. The van der Waals surface area contributed by atoms with E-state index >= 15 is 0 Å². The van der Waals surface area contributed by atoms with Crippen LogP contribution >= 0.6 is 0 Å². The molecule has 1 N–H and O–H groups in total. The molecule has 1 aromatic carbocycles. The second kappa shape index (κ2) is 10.3. The molecule has 0 bridgehead atoms. The first kappa shape index (κ1) is 21.2. The fraction of sp³-hybridized carbons (Fsp3) is 0.389. The summed E-state index contributed by atoms with van der Waals surface area (Å²) < 4.78 is 10.2. The summed E-state index contributed by atoms with van der Waals surface area (Å²) in [6, 6.07) is 6.67. The average Bonchev–Trinajstić information content (AvgIpc) is 2.68. The molecule has 2 rings (SSSR count). The number of carbonyl (C=O) groups is 1. The topological polar surface area (TPSA) is 120 Å². The van der Waals surface area contributed by atoms with Crippen LogP contribution in [-0.2, 0) is 9.47 Å². The van der Waals surface area contributed by atoms with Crippen LogP contribution in [0, 0.1) is 10.1 Å². The van der Waals surface area contributed by atoms with Crippen molar-refractivity contribution in [1.82, 2.24) is 9.97 Å². The second-order valence-corrected chi connectivity index (χ2v) is 5.89. The average molecular weight is 389 g/mol. The number of hydrogen-bond acceptors (Lipinski definition) is 9. The minimum absolute atomic E-state index is 0.0375. The number of nitro groups is 1. The summed E-state index contributed by atoms with van der Waals surface area (Å²) >= 11 is 0. The van der Waals surface area contributed by atoms with Crippen LogP contribution in [-0.4, -0.2) is 61.2 Å². The van der Waals surface area contributed by atoms with E-state index in [9.17, 15) is 14.9 Å². The molecule has 0 saturated carbocycles. The molecule has 2 aromatic rings. The van der Waals surface area contributed by atoms with Crippen molar-refractivity contribution in [2.75, 3.05) is 50.7 Å². The Bertz CT molecular complexity index is 822. The molecule has 1 heterocycles. The Labute approximate surface area is 162 Å². The first-order chi connectivity index (χ1) is 13.5. The smallest absolute Gasteiger partial charge is 0.353 e. The van der Waals surface area contributed by atoms with Gasteiger partial charge < -0.3 is 19.7 Å². The molecule has 0 atom stereocenters. The van der Waals surface area contributed by atoms with Gasteiger partial charge in [0.15, 0.2) is 5.78 Å². The molecule has 0 unspecified atom stereocenters. The van der Waals surface area contributed by atoms with E-state index in [0.717, 1.165) is 0 Å². The zero-order valence-corrected chi connectivity index (χ0v) is 16.0. The van der Waals surface area contributed by atoms with Gasteiger partial charge in [-0.15, -0.1) is 0 Å². The fourth-order valence-electron chi connectivity index (χ4n) is 2.54. The predicted octanol–water partition coefficient (Wildman–Crippen LogP) is 2.43. The third-order valence-electron chi connectivity index (χ3n) is 3.95. The van der Waals surface area contributed by atoms with Gasteiger partial charge in [0, 0.05) is 38.6 Å². The van der Waals surface area contributed by atoms with Crippen LogP contribution in [0.5, 0.6) is 0 Å². The molecule has 0 aliphatic heterocycles. The van der Waals surface area contributed by atoms with Gasteiger partial charge in [-0.1, -0.05) is 12.1 Å². The van der Waals surface area contributed by atoms with Crippen molar-refractivity contribution in [1.29, 1.82) is 0 Å². The number of carbonyl (C=O) groups excluding carboxylic acids is 1. The molecule has 0 saturated heterocycles. The molecular formula is C18H23N5O5. The minimum atomic E-state index is -0.529. The van der Waals surface area contributed by atoms with Gasteiger partial charge in [-0.05, 0) is 19.1 Å². The van der Waals surface area contributed by atoms with Crippen LogP contribution in [0.25, 0.3) is 0 Å². The van der Waals surface area contributed by atoms with Crippen LogP contribution in [0.2, 0.25) is 0 Å². The lowest BCUT2D eigenvalue weighted by molar-refractivity contribution is -0.383. The molecule has 0 fully saturated rings. The van der Waals surface area contributed by atoms with E-state index < -0.39 is 4.92 Å². The maximum absolute atomic E-state index is 11.8. The summed E-state index contributed by atoms with van der Waals surface area (Å²) in [6.07, 6.45) is 1.26. The van der Waals surface area contributed by atoms with Crippen LogP contribution < -0.4 is 10.2 Å². The summed E-state index contributed by atoms with van der Waals surface area (Å²) in [5, 5.41) is 14.7. The molecule has 0 aliphatic carbocycles. The van der Waals surface area contributed by atoms with Gasteiger partial charge in [-0.3, -0.25) is 14.9 Å². The van der Waals surface area contributed by atoms with Crippen molar-refractivity contribution in [3.05, 3.63) is 46.3 Å². The van der Waals surface area contributed by atoms with E-state index in [-0.39, 0.29) is 23.1 Å². The highest BCUT2D eigenvalue weighted by molar-refractivity contribution is 5.95. The quantitative estimate of drug-likeness (QED) is 0.351. The van der Waals surface area contributed by atoms with E-state index in [1.54, 1.807) is 43.4 Å². The van der Waals surface area contributed by atoms with Gasteiger partial charge in [0.1, 0.15) is 6.33 Å². The van der Waals surface area contributed by atoms with E-state index in [4.69, 9.17) is 9.47 Å². The Balaban J connectivity index is 2.42. The van der Waals surface area contributed by atoms with Gasteiger partial charge in [0.25, 0.3) is 0 Å². The molecule has 0 aliphatic rings. The molecular weight excluding hydrogens is 366 g/mol. The highest BCUT2D eigenvalue weighted by Gasteiger charge is 2.27. The number of nitrogens with zero attached hydrogens (tertiary/aromatic N) is 4. The van der Waals surface area contributed by atoms with Gasteiger partial charge in [-0.25, -0.2) is 9.97 Å². The van der Waals surface area contributed by atoms with Gasteiger partial charge >= 0.3 is 5.69 Å². The summed E-state index contributed by atoms with van der Waals surface area (Å²) in [5.41, 5.74) is 0.743. The fourth-order valence-corrected chi connectivity index (χ4v) is 2.54. The van der Waals surface area contributed by atoms with Gasteiger partial charge in [0.05, 0.1) is 18.1 Å². The normalized spacial score (nSPS) is 10.5. The van der Waals surface area contributed by atoms with E-state index in [1.807, 2.05) is 0 Å². The van der Waals surface area contributed by atoms with Crippen molar-refractivity contribution < 1.29 is 19.2 Å². The Morgan fingerprint density at radius 3 is 2.46 bits per heavy atom. The SMILES string of the molecule is COCCN(CCOC)c1ncnc(Nc2cccc(C(C)=O)c2)c1[N+](=O)[O-]. The van der Waals surface area contributed by atoms with Crippen LogP contribution in [0.1, 0.15) is 17.3 Å². The minimum Gasteiger partial charge on any atom is -0.383 e. The second-order valence-electron chi connectivity index (χ2n) is 5.89. The van der Waals surface area contributed by atoms with Crippen molar-refractivity contribution in [2.24, 2.45) is 0 Å². The van der Waals surface area contributed by atoms with E-state index in [0.29, 0.717) is 37.6 Å². The van der Waals surface area contributed by atoms with Gasteiger partial charge in [0.2, 0.25) is 11.6 Å². The zero-order valence-electron chi connectivity index (χ0n) is 16.0. The highest BCUT2D eigenvalue weighted by Crippen LogP contribution is 2.33. The number of methoxy groups -OCH3 is 2. The molecule has 0 amide bonds. The summed E-state index contributed by atoms with van der Waals surface area (Å²) in [7, 11) is 3.11. The standard InChI is InChI=1S/C18H23N5O5/c1-13(24)14-5-4-6-15(11-14)21-17-16(23(25)26)18(20-12-19-17)22(7-9-27-2)8-10-28-3/h4-6,11-12H,7-10H2,1-3H3,(H,19,20,21). The van der Waals surface area contributed by atoms with Crippen molar-refractivity contribution in [3.8, 4) is 0 Å². The highest BCUT2D eigenvalue weighted by atomic mass is 16.6. The largest absolute Gasteiger partial charge is 0.383 e. The number of hydrogen-bond donors (Lipinski definition) is 1. The van der Waals surface area contributed by atoms with Gasteiger partial charge in [-0.2, -0.15) is 0 Å². The third-order valence-corrected chi connectivity index (χ3v) is 3.95. The van der Waals surface area contributed by atoms with Crippen LogP contribution in [0.3, 0.4) is 0 Å². The number of anilines is 3. The number of ether oxygens (including phenoxy) is 2. The lowest BCUT2D eigenvalue weighted by atomic mass is 10.1. The number of aromatic nitrogens is 2. The molecule has 1 aromatic heterocycles. The summed E-state index contributed by atoms with van der Waals surface area (Å²) in [5.74, 6) is 0.0988. The number of ketones is 1. The molecule has 10 nitrogen and oxygen atoms in total. The first-order valence-corrected chi connectivity index (χ1v) is 8.58. The lowest BCUT2D eigenvalue weighted by Gasteiger charge is -2.23. The molecule has 0 spiro atoms. The number of Topliss-reactive ketones (excluding diaryl/α,β-unsaturated/α-hetero) is 1. The zero-order chi connectivity index (χ0) is 20.5. The third kappa shape index (κ3) is 5.44. The molecule has 0 radical (unpaired) electrons. The Morgan fingerprint density at radius 1 is 1.21 bits per heavy atom. The Kier molecular flexibility index (Phi) is 7.78. The van der Waals surface area contributed by atoms with E-state index in [2.05, 4.69) is 15.3 Å². The lowest BCUT2D eigenvalue weighted by Crippen LogP contribution is -2.32. The number of nitrogens with one attached hydrogen (secondary N) is 1. The van der Waals surface area contributed by atoms with Crippen molar-refractivity contribution >= 4 is 28.8 Å². The maximum Gasteiger partial charge on any atom is 0.353 e. The summed E-state index contributed by atoms with van der Waals surface area (Å²) in [4.78, 5) is 32.7. The number of rotatable bonds is 11. The molecule has 28 heavy (non-hydrogen) atoms. The monoisotopic (exact) mass is 389 g/mol. The molecule has 150 valence electrons. The Hall–Kier alpha value is -3.11. The Morgan fingerprint density at radius 2 is 1.89 bits per heavy atom. The van der Waals surface area contributed by atoms with Crippen LogP contribution in [0.15, 0.2) is 30.6 Å². The molecule has 10 heteroatoms. The maximum atomic E-state index is 11.8.